The molecule has 6 heteroatoms. The average molecular weight is 346 g/mol. The van der Waals surface area contributed by atoms with E-state index in [2.05, 4.69) is 10.6 Å². The van der Waals surface area contributed by atoms with Gasteiger partial charge >= 0.3 is 6.03 Å². The summed E-state index contributed by atoms with van der Waals surface area (Å²) in [4.78, 5) is 12.2. The van der Waals surface area contributed by atoms with Crippen LogP contribution in [0, 0.1) is 6.92 Å². The smallest absolute Gasteiger partial charge is 0.315 e. The molecule has 2 rings (SSSR count). The average Bonchev–Trinajstić information content (AvgIpc) is 3.08. The van der Waals surface area contributed by atoms with E-state index in [0.717, 1.165) is 16.9 Å². The summed E-state index contributed by atoms with van der Waals surface area (Å²) in [6.07, 6.45) is 1.13. The Hall–Kier alpha value is -2.47. The molecule has 2 aromatic rings. The van der Waals surface area contributed by atoms with Gasteiger partial charge in [0.15, 0.2) is 0 Å². The molecule has 0 saturated carbocycles. The topological polar surface area (TPSA) is 83.7 Å². The van der Waals surface area contributed by atoms with Crippen molar-refractivity contribution in [1.82, 2.24) is 10.6 Å². The maximum atomic E-state index is 12.2. The second-order valence-electron chi connectivity index (χ2n) is 6.25. The number of ether oxygens (including phenoxy) is 1. The Bertz CT molecular complexity index is 685. The number of aliphatic hydroxyl groups is 1. The minimum atomic E-state index is -0.750. The van der Waals surface area contributed by atoms with Gasteiger partial charge in [-0.3, -0.25) is 0 Å². The van der Waals surface area contributed by atoms with Crippen LogP contribution in [0.2, 0.25) is 0 Å². The van der Waals surface area contributed by atoms with Crippen LogP contribution in [0.15, 0.2) is 41.0 Å². The summed E-state index contributed by atoms with van der Waals surface area (Å²) >= 11 is 0. The molecule has 0 aliphatic heterocycles. The Balaban J connectivity index is 1.90. The first-order valence-corrected chi connectivity index (χ1v) is 8.33. The number of amides is 2. The van der Waals surface area contributed by atoms with Gasteiger partial charge in [-0.05, 0) is 39.0 Å². The molecule has 3 unspecified atom stereocenters. The number of nitrogens with one attached hydrogen (secondary N) is 2. The van der Waals surface area contributed by atoms with Gasteiger partial charge in [0.05, 0.1) is 19.4 Å². The Labute approximate surface area is 148 Å². The standard InChI is InChI=1S/C19H26N2O4/c1-12-7-8-17(24-4)15(10-12)14(3)21-19(23)20-13(2)11-16(22)18-6-5-9-25-18/h5-10,13-14,16,22H,11H2,1-4H3,(H2,20,21,23). The van der Waals surface area contributed by atoms with Gasteiger partial charge in [0, 0.05) is 18.0 Å². The van der Waals surface area contributed by atoms with Crippen molar-refractivity contribution in [2.75, 3.05) is 7.11 Å². The molecule has 0 spiro atoms. The summed E-state index contributed by atoms with van der Waals surface area (Å²) in [7, 11) is 1.61. The predicted molar refractivity (Wildman–Crippen MR) is 95.6 cm³/mol. The van der Waals surface area contributed by atoms with Gasteiger partial charge in [0.25, 0.3) is 0 Å². The lowest BCUT2D eigenvalue weighted by molar-refractivity contribution is 0.129. The lowest BCUT2D eigenvalue weighted by atomic mass is 10.0. The van der Waals surface area contributed by atoms with Crippen molar-refractivity contribution in [3.8, 4) is 5.75 Å². The molecule has 0 radical (unpaired) electrons. The number of furan rings is 1. The monoisotopic (exact) mass is 346 g/mol. The lowest BCUT2D eigenvalue weighted by Gasteiger charge is -2.21. The minimum absolute atomic E-state index is 0.211. The van der Waals surface area contributed by atoms with E-state index in [0.29, 0.717) is 12.2 Å². The van der Waals surface area contributed by atoms with Gasteiger partial charge in [-0.25, -0.2) is 4.79 Å². The van der Waals surface area contributed by atoms with E-state index < -0.39 is 6.10 Å². The summed E-state index contributed by atoms with van der Waals surface area (Å²) in [6.45, 7) is 5.73. The minimum Gasteiger partial charge on any atom is -0.496 e. The number of aryl methyl sites for hydroxylation is 1. The normalized spacial score (nSPS) is 14.4. The summed E-state index contributed by atoms with van der Waals surface area (Å²) < 4.78 is 10.5. The molecule has 2 amide bonds. The molecule has 1 aromatic heterocycles. The molecule has 3 N–H and O–H groups in total. The van der Waals surface area contributed by atoms with Crippen LogP contribution in [0.5, 0.6) is 5.75 Å². The fourth-order valence-electron chi connectivity index (χ4n) is 2.72. The zero-order valence-corrected chi connectivity index (χ0v) is 15.1. The number of methoxy groups -OCH3 is 1. The largest absolute Gasteiger partial charge is 0.496 e. The van der Waals surface area contributed by atoms with Gasteiger partial charge in [-0.2, -0.15) is 0 Å². The van der Waals surface area contributed by atoms with Gasteiger partial charge in [-0.1, -0.05) is 17.7 Å². The molecule has 1 heterocycles. The van der Waals surface area contributed by atoms with Crippen LogP contribution in [0.3, 0.4) is 0 Å². The van der Waals surface area contributed by atoms with E-state index in [-0.39, 0.29) is 18.1 Å². The van der Waals surface area contributed by atoms with Crippen LogP contribution in [-0.2, 0) is 0 Å². The van der Waals surface area contributed by atoms with Gasteiger partial charge in [-0.15, -0.1) is 0 Å². The molecule has 3 atom stereocenters. The number of hydrogen-bond acceptors (Lipinski definition) is 4. The lowest BCUT2D eigenvalue weighted by Crippen LogP contribution is -2.42. The third-order valence-electron chi connectivity index (χ3n) is 4.03. The number of hydrogen-bond donors (Lipinski definition) is 3. The predicted octanol–water partition coefficient (Wildman–Crippen LogP) is 3.47. The fourth-order valence-corrected chi connectivity index (χ4v) is 2.72. The first kappa shape index (κ1) is 18.9. The van der Waals surface area contributed by atoms with E-state index in [4.69, 9.17) is 9.15 Å². The molecule has 0 saturated heterocycles. The van der Waals surface area contributed by atoms with E-state index >= 15 is 0 Å². The number of aliphatic hydroxyl groups excluding tert-OH is 1. The molecular weight excluding hydrogens is 320 g/mol. The van der Waals surface area contributed by atoms with Crippen molar-refractivity contribution < 1.29 is 19.1 Å². The van der Waals surface area contributed by atoms with Gasteiger partial charge in [0.2, 0.25) is 0 Å². The molecular formula is C19H26N2O4. The van der Waals surface area contributed by atoms with E-state index in [1.807, 2.05) is 39.0 Å². The number of rotatable bonds is 7. The van der Waals surface area contributed by atoms with Crippen LogP contribution in [0.1, 0.15) is 49.3 Å². The Morgan fingerprint density at radius 1 is 1.28 bits per heavy atom. The van der Waals surface area contributed by atoms with Crippen molar-refractivity contribution in [3.63, 3.8) is 0 Å². The zero-order valence-electron chi connectivity index (χ0n) is 15.1. The number of benzene rings is 1. The highest BCUT2D eigenvalue weighted by Crippen LogP contribution is 2.26. The Morgan fingerprint density at radius 2 is 2.04 bits per heavy atom. The van der Waals surface area contributed by atoms with Crippen molar-refractivity contribution in [2.24, 2.45) is 0 Å². The van der Waals surface area contributed by atoms with E-state index in [1.165, 1.54) is 6.26 Å². The number of urea groups is 1. The van der Waals surface area contributed by atoms with Crippen LogP contribution in [-0.4, -0.2) is 24.3 Å². The summed E-state index contributed by atoms with van der Waals surface area (Å²) in [5, 5.41) is 15.8. The quantitative estimate of drug-likeness (QED) is 0.717. The molecule has 25 heavy (non-hydrogen) atoms. The molecule has 0 aliphatic rings. The molecule has 6 nitrogen and oxygen atoms in total. The third kappa shape index (κ3) is 5.26. The van der Waals surface area contributed by atoms with E-state index in [1.54, 1.807) is 19.2 Å². The van der Waals surface area contributed by atoms with Crippen LogP contribution >= 0.6 is 0 Å². The number of carbonyl (C=O) groups excluding carboxylic acids is 1. The number of carbonyl (C=O) groups is 1. The van der Waals surface area contributed by atoms with Crippen LogP contribution < -0.4 is 15.4 Å². The van der Waals surface area contributed by atoms with Crippen molar-refractivity contribution in [2.45, 2.75) is 45.4 Å². The zero-order chi connectivity index (χ0) is 18.4. The highest BCUT2D eigenvalue weighted by atomic mass is 16.5. The van der Waals surface area contributed by atoms with Crippen molar-refractivity contribution >= 4 is 6.03 Å². The molecule has 0 aliphatic carbocycles. The highest BCUT2D eigenvalue weighted by molar-refractivity contribution is 5.74. The summed E-state index contributed by atoms with van der Waals surface area (Å²) in [5.41, 5.74) is 2.01. The van der Waals surface area contributed by atoms with Gasteiger partial charge < -0.3 is 24.9 Å². The maximum Gasteiger partial charge on any atom is 0.315 e. The first-order valence-electron chi connectivity index (χ1n) is 8.33. The van der Waals surface area contributed by atoms with Gasteiger partial charge in [0.1, 0.15) is 17.6 Å². The van der Waals surface area contributed by atoms with Crippen molar-refractivity contribution in [1.29, 1.82) is 0 Å². The van der Waals surface area contributed by atoms with E-state index in [9.17, 15) is 9.90 Å². The molecule has 0 fully saturated rings. The first-order chi connectivity index (χ1) is 11.9. The Kier molecular flexibility index (Phi) is 6.47. The fraction of sp³-hybridized carbons (Fsp3) is 0.421. The Morgan fingerprint density at radius 3 is 2.68 bits per heavy atom. The SMILES string of the molecule is COc1ccc(C)cc1C(C)NC(=O)NC(C)CC(O)c1ccco1. The highest BCUT2D eigenvalue weighted by Gasteiger charge is 2.18. The summed E-state index contributed by atoms with van der Waals surface area (Å²) in [6, 6.07) is 8.56. The summed E-state index contributed by atoms with van der Waals surface area (Å²) in [5.74, 6) is 1.23. The molecule has 0 bridgehead atoms. The van der Waals surface area contributed by atoms with Crippen LogP contribution in [0.25, 0.3) is 0 Å². The van der Waals surface area contributed by atoms with Crippen molar-refractivity contribution in [3.05, 3.63) is 53.5 Å². The molecule has 1 aromatic carbocycles. The third-order valence-corrected chi connectivity index (χ3v) is 4.03. The second kappa shape index (κ2) is 8.58. The van der Waals surface area contributed by atoms with Crippen LogP contribution in [0.4, 0.5) is 4.79 Å². The second-order valence-corrected chi connectivity index (χ2v) is 6.25. The molecule has 136 valence electrons. The maximum absolute atomic E-state index is 12.2.